The van der Waals surface area contributed by atoms with Crippen molar-refractivity contribution in [3.05, 3.63) is 46.6 Å². The minimum atomic E-state index is -0.635. The first-order chi connectivity index (χ1) is 21.5. The van der Waals surface area contributed by atoms with Gasteiger partial charge in [-0.1, -0.05) is 31.2 Å². The first kappa shape index (κ1) is 31.3. The van der Waals surface area contributed by atoms with E-state index in [-0.39, 0.29) is 36.2 Å². The summed E-state index contributed by atoms with van der Waals surface area (Å²) < 4.78 is 11.9. The van der Waals surface area contributed by atoms with E-state index < -0.39 is 17.1 Å². The summed E-state index contributed by atoms with van der Waals surface area (Å²) in [6.07, 6.45) is 4.86. The zero-order valence-electron chi connectivity index (χ0n) is 27.3. The van der Waals surface area contributed by atoms with Crippen LogP contribution in [0.25, 0.3) is 0 Å². The Bertz CT molecular complexity index is 1500. The molecular weight excluding hydrogens is 568 g/mol. The minimum absolute atomic E-state index is 0.0811. The number of hydrogen-bond donors (Lipinski definition) is 0. The van der Waals surface area contributed by atoms with E-state index in [1.54, 1.807) is 4.90 Å². The second kappa shape index (κ2) is 12.2. The number of hydrogen-bond acceptors (Lipinski definition) is 9. The summed E-state index contributed by atoms with van der Waals surface area (Å²) in [4.78, 5) is 43.5. The number of likely N-dealkylation sites (tertiary alicyclic amines) is 1. The molecule has 1 unspecified atom stereocenters. The van der Waals surface area contributed by atoms with E-state index in [0.717, 1.165) is 37.8 Å². The molecule has 0 bridgehead atoms. The predicted octanol–water partition coefficient (Wildman–Crippen LogP) is 5.15. The number of amides is 1. The predicted molar refractivity (Wildman–Crippen MR) is 171 cm³/mol. The lowest BCUT2D eigenvalue weighted by molar-refractivity contribution is 0.0144. The Morgan fingerprint density at radius 1 is 1.16 bits per heavy atom. The van der Waals surface area contributed by atoms with Crippen LogP contribution < -0.4 is 9.64 Å². The standard InChI is InChI=1S/C35H46N6O4/c1-23-19-35(20-24-9-6-7-11-27(23)24)14-12-28-29(30(35)42)37-32(44-22-26-10-8-16-39(26)5)38-31(28)40-17-18-41(25(21-40)13-15-36)33(43)45-34(2,3)4/h6-7,9,11,23,25-26H,8,10,12-14,16-22H2,1-5H3/t23?,25-,26-,35-/m0/s1. The van der Waals surface area contributed by atoms with E-state index in [0.29, 0.717) is 50.6 Å². The molecule has 10 heteroatoms. The third-order valence-electron chi connectivity index (χ3n) is 10.1. The highest BCUT2D eigenvalue weighted by Crippen LogP contribution is 2.50. The van der Waals surface area contributed by atoms with Gasteiger partial charge in [0.25, 0.3) is 0 Å². The largest absolute Gasteiger partial charge is 0.462 e. The second-order valence-electron chi connectivity index (χ2n) is 14.5. The monoisotopic (exact) mass is 614 g/mol. The number of fused-ring (bicyclic) bond motifs is 2. The van der Waals surface area contributed by atoms with Gasteiger partial charge in [0.15, 0.2) is 5.78 Å². The lowest BCUT2D eigenvalue weighted by Gasteiger charge is -2.44. The molecule has 1 aromatic carbocycles. The Balaban J connectivity index is 1.33. The fourth-order valence-electron chi connectivity index (χ4n) is 7.85. The number of nitrogens with zero attached hydrogens (tertiary/aromatic N) is 6. The van der Waals surface area contributed by atoms with E-state index in [9.17, 15) is 14.9 Å². The quantitative estimate of drug-likeness (QED) is 0.451. The van der Waals surface area contributed by atoms with Crippen molar-refractivity contribution in [1.29, 1.82) is 5.26 Å². The van der Waals surface area contributed by atoms with E-state index in [4.69, 9.17) is 19.4 Å². The molecule has 1 amide bonds. The van der Waals surface area contributed by atoms with Crippen molar-refractivity contribution in [2.45, 2.75) is 96.2 Å². The number of carbonyl (C=O) groups is 2. The second-order valence-corrected chi connectivity index (χ2v) is 14.5. The summed E-state index contributed by atoms with van der Waals surface area (Å²) in [6, 6.07) is 10.9. The highest BCUT2D eigenvalue weighted by molar-refractivity contribution is 6.02. The zero-order valence-corrected chi connectivity index (χ0v) is 27.3. The van der Waals surface area contributed by atoms with Gasteiger partial charge in [0, 0.05) is 36.7 Å². The van der Waals surface area contributed by atoms with Crippen molar-refractivity contribution in [3.63, 3.8) is 0 Å². The van der Waals surface area contributed by atoms with Gasteiger partial charge in [-0.05, 0) is 89.9 Å². The van der Waals surface area contributed by atoms with E-state index >= 15 is 0 Å². The SMILES string of the molecule is CC1C[C@@]2(CCc3c(nc(OC[C@@H]4CCCN4C)nc3N3CCN(C(=O)OC(C)(C)C)[C@@H](CC#N)C3)C2=O)Cc2ccccc21. The van der Waals surface area contributed by atoms with E-state index in [2.05, 4.69) is 54.1 Å². The van der Waals surface area contributed by atoms with E-state index in [1.165, 1.54) is 11.1 Å². The maximum absolute atomic E-state index is 14.6. The Hall–Kier alpha value is -3.71. The van der Waals surface area contributed by atoms with Crippen molar-refractivity contribution in [3.8, 4) is 12.1 Å². The number of anilines is 1. The molecule has 10 nitrogen and oxygen atoms in total. The third kappa shape index (κ3) is 6.24. The van der Waals surface area contributed by atoms with Crippen molar-refractivity contribution in [2.75, 3.05) is 44.7 Å². The molecule has 2 aliphatic carbocycles. The van der Waals surface area contributed by atoms with Gasteiger partial charge in [0.2, 0.25) is 0 Å². The maximum atomic E-state index is 14.6. The molecule has 4 aliphatic rings. The molecule has 0 N–H and O–H groups in total. The highest BCUT2D eigenvalue weighted by Gasteiger charge is 2.48. The molecular formula is C35H46N6O4. The summed E-state index contributed by atoms with van der Waals surface area (Å²) in [5.74, 6) is 1.05. The first-order valence-electron chi connectivity index (χ1n) is 16.5. The Morgan fingerprint density at radius 3 is 2.69 bits per heavy atom. The van der Waals surface area contributed by atoms with Gasteiger partial charge < -0.3 is 24.2 Å². The van der Waals surface area contributed by atoms with Crippen LogP contribution in [-0.2, 0) is 17.6 Å². The van der Waals surface area contributed by atoms with Crippen LogP contribution in [0.15, 0.2) is 24.3 Å². The summed E-state index contributed by atoms with van der Waals surface area (Å²) in [5, 5.41) is 9.66. The highest BCUT2D eigenvalue weighted by atomic mass is 16.6. The van der Waals surface area contributed by atoms with Gasteiger partial charge in [-0.15, -0.1) is 0 Å². The van der Waals surface area contributed by atoms with Crippen LogP contribution in [0.5, 0.6) is 6.01 Å². The number of benzene rings is 1. The molecule has 2 aromatic rings. The topological polar surface area (TPSA) is 112 Å². The average Bonchev–Trinajstić information content (AvgIpc) is 3.41. The number of ketones is 1. The zero-order chi connectivity index (χ0) is 31.9. The Morgan fingerprint density at radius 2 is 1.96 bits per heavy atom. The van der Waals surface area contributed by atoms with Crippen LogP contribution in [0.1, 0.15) is 92.9 Å². The fourth-order valence-corrected chi connectivity index (χ4v) is 7.85. The number of aromatic nitrogens is 2. The summed E-state index contributed by atoms with van der Waals surface area (Å²) >= 11 is 0. The molecule has 2 saturated heterocycles. The van der Waals surface area contributed by atoms with Gasteiger partial charge in [0.05, 0.1) is 18.5 Å². The van der Waals surface area contributed by atoms with Crippen LogP contribution >= 0.6 is 0 Å². The molecule has 1 aromatic heterocycles. The van der Waals surface area contributed by atoms with Crippen molar-refractivity contribution < 1.29 is 19.1 Å². The van der Waals surface area contributed by atoms with Crippen LogP contribution in [0.4, 0.5) is 10.6 Å². The molecule has 45 heavy (non-hydrogen) atoms. The number of likely N-dealkylation sites (N-methyl/N-ethyl adjacent to an activating group) is 1. The molecule has 3 heterocycles. The van der Waals surface area contributed by atoms with E-state index in [1.807, 2.05) is 20.8 Å². The first-order valence-corrected chi connectivity index (χ1v) is 16.5. The van der Waals surface area contributed by atoms with Gasteiger partial charge in [-0.2, -0.15) is 15.2 Å². The van der Waals surface area contributed by atoms with Gasteiger partial charge in [-0.3, -0.25) is 4.79 Å². The molecule has 0 saturated carbocycles. The number of ether oxygens (including phenoxy) is 2. The Labute approximate surface area is 266 Å². The van der Waals surface area contributed by atoms with Gasteiger partial charge >= 0.3 is 12.1 Å². The van der Waals surface area contributed by atoms with Gasteiger partial charge in [-0.25, -0.2) is 4.79 Å². The number of carbonyl (C=O) groups excluding carboxylic acids is 2. The number of rotatable bonds is 5. The smallest absolute Gasteiger partial charge is 0.410 e. The van der Waals surface area contributed by atoms with Crippen molar-refractivity contribution in [2.24, 2.45) is 5.41 Å². The van der Waals surface area contributed by atoms with Crippen LogP contribution in [0.2, 0.25) is 0 Å². The lowest BCUT2D eigenvalue weighted by Crippen LogP contribution is -2.56. The molecule has 2 fully saturated rings. The number of piperazine rings is 1. The molecule has 1 spiro atoms. The molecule has 0 radical (unpaired) electrons. The number of Topliss-reactive ketones (excluding diaryl/α,β-unsaturated/α-hetero) is 1. The maximum Gasteiger partial charge on any atom is 0.410 e. The number of nitriles is 1. The summed E-state index contributed by atoms with van der Waals surface area (Å²) in [7, 11) is 2.11. The normalized spacial score (nSPS) is 26.8. The summed E-state index contributed by atoms with van der Waals surface area (Å²) in [5.41, 5.74) is 2.77. The molecule has 4 atom stereocenters. The van der Waals surface area contributed by atoms with Crippen LogP contribution in [-0.4, -0.2) is 89.2 Å². The molecule has 2 aliphatic heterocycles. The molecule has 240 valence electrons. The lowest BCUT2D eigenvalue weighted by atomic mass is 9.60. The fraction of sp³-hybridized carbons (Fsp3) is 0.629. The minimum Gasteiger partial charge on any atom is -0.462 e. The average molecular weight is 615 g/mol. The third-order valence-corrected chi connectivity index (χ3v) is 10.1. The Kier molecular flexibility index (Phi) is 8.51. The van der Waals surface area contributed by atoms with Crippen molar-refractivity contribution in [1.82, 2.24) is 19.8 Å². The van der Waals surface area contributed by atoms with Crippen molar-refractivity contribution >= 4 is 17.7 Å². The van der Waals surface area contributed by atoms with Gasteiger partial charge in [0.1, 0.15) is 23.7 Å². The van der Waals surface area contributed by atoms with Crippen LogP contribution in [0, 0.1) is 16.7 Å². The summed E-state index contributed by atoms with van der Waals surface area (Å²) in [6.45, 7) is 10.5. The van der Waals surface area contributed by atoms with Crippen LogP contribution in [0.3, 0.4) is 0 Å². The molecule has 6 rings (SSSR count).